The van der Waals surface area contributed by atoms with Crippen molar-refractivity contribution in [1.82, 2.24) is 5.43 Å². The molecule has 17 heavy (non-hydrogen) atoms. The molecule has 6 heteroatoms. The molecule has 0 fully saturated rings. The Balaban J connectivity index is 2.73. The normalized spacial score (nSPS) is 10.9. The highest BCUT2D eigenvalue weighted by atomic mass is 35.5. The van der Waals surface area contributed by atoms with Crippen molar-refractivity contribution in [3.8, 4) is 5.75 Å². The minimum Gasteiger partial charge on any atom is -0.496 e. The predicted octanol–water partition coefficient (Wildman–Crippen LogP) is 2.02. The lowest BCUT2D eigenvalue weighted by molar-refractivity contribution is 0.249. The van der Waals surface area contributed by atoms with Crippen LogP contribution in [0.15, 0.2) is 29.4 Å². The van der Waals surface area contributed by atoms with Gasteiger partial charge in [0.1, 0.15) is 5.75 Å². The lowest BCUT2D eigenvalue weighted by atomic mass is 10.2. The summed E-state index contributed by atoms with van der Waals surface area (Å²) in [5.41, 5.74) is 7.71. The van der Waals surface area contributed by atoms with Crippen LogP contribution < -0.4 is 15.9 Å². The Morgan fingerprint density at radius 1 is 1.59 bits per heavy atom. The monoisotopic (exact) mass is 253 g/mol. The summed E-state index contributed by atoms with van der Waals surface area (Å²) >= 11 is 5.86. The van der Waals surface area contributed by atoms with E-state index in [1.807, 2.05) is 0 Å². The van der Waals surface area contributed by atoms with E-state index in [1.54, 1.807) is 37.5 Å². The van der Waals surface area contributed by atoms with Gasteiger partial charge >= 0.3 is 6.03 Å². The fraction of sp³-hybridized carbons (Fsp3) is 0.0909. The highest BCUT2D eigenvalue weighted by Crippen LogP contribution is 2.23. The SMILES string of the molecule is COc1ccc(Cl)cc1/C=C\C=N\NC(N)=O. The second-order valence-corrected chi connectivity index (χ2v) is 3.44. The van der Waals surface area contributed by atoms with Gasteiger partial charge in [0.15, 0.2) is 0 Å². The van der Waals surface area contributed by atoms with Gasteiger partial charge in [0.2, 0.25) is 0 Å². The number of allylic oxidation sites excluding steroid dienone is 1. The van der Waals surface area contributed by atoms with E-state index < -0.39 is 6.03 Å². The van der Waals surface area contributed by atoms with Crippen molar-refractivity contribution in [2.75, 3.05) is 7.11 Å². The first kappa shape index (κ1) is 13.1. The number of primary amides is 1. The summed E-state index contributed by atoms with van der Waals surface area (Å²) in [6, 6.07) is 4.54. The molecule has 5 nitrogen and oxygen atoms in total. The second-order valence-electron chi connectivity index (χ2n) is 3.00. The van der Waals surface area contributed by atoms with Crippen LogP contribution in [0.3, 0.4) is 0 Å². The molecule has 1 aromatic rings. The van der Waals surface area contributed by atoms with E-state index in [0.717, 1.165) is 5.56 Å². The van der Waals surface area contributed by atoms with Gasteiger partial charge in [-0.15, -0.1) is 0 Å². The summed E-state index contributed by atoms with van der Waals surface area (Å²) in [6.07, 6.45) is 4.77. The quantitative estimate of drug-likeness (QED) is 0.636. The number of nitrogens with one attached hydrogen (secondary N) is 1. The third-order valence-corrected chi connectivity index (χ3v) is 2.04. The number of methoxy groups -OCH3 is 1. The van der Waals surface area contributed by atoms with Crippen molar-refractivity contribution in [3.05, 3.63) is 34.9 Å². The van der Waals surface area contributed by atoms with Crippen molar-refractivity contribution in [1.29, 1.82) is 0 Å². The first-order chi connectivity index (χ1) is 8.13. The van der Waals surface area contributed by atoms with Gasteiger partial charge in [0.25, 0.3) is 0 Å². The maximum Gasteiger partial charge on any atom is 0.332 e. The summed E-state index contributed by atoms with van der Waals surface area (Å²) < 4.78 is 5.15. The maximum absolute atomic E-state index is 10.3. The van der Waals surface area contributed by atoms with Crippen molar-refractivity contribution in [2.24, 2.45) is 10.8 Å². The molecule has 0 aromatic heterocycles. The smallest absolute Gasteiger partial charge is 0.332 e. The number of rotatable bonds is 4. The van der Waals surface area contributed by atoms with Gasteiger partial charge < -0.3 is 10.5 Å². The summed E-state index contributed by atoms with van der Waals surface area (Å²) in [5.74, 6) is 0.696. The minimum atomic E-state index is -0.713. The summed E-state index contributed by atoms with van der Waals surface area (Å²) in [5, 5.41) is 4.16. The standard InChI is InChI=1S/C11H12ClN3O2/c1-17-10-5-4-9(12)7-8(10)3-2-6-14-15-11(13)16/h2-7H,1H3,(H3,13,15,16)/b3-2-,14-6+. The summed E-state index contributed by atoms with van der Waals surface area (Å²) in [6.45, 7) is 0. The van der Waals surface area contributed by atoms with Crippen molar-refractivity contribution < 1.29 is 9.53 Å². The Kier molecular flexibility index (Phi) is 5.03. The number of halogens is 1. The molecular formula is C11H12ClN3O2. The zero-order chi connectivity index (χ0) is 12.7. The Morgan fingerprint density at radius 3 is 3.00 bits per heavy atom. The van der Waals surface area contributed by atoms with Crippen LogP contribution in [0, 0.1) is 0 Å². The fourth-order valence-corrected chi connectivity index (χ4v) is 1.31. The third kappa shape index (κ3) is 4.56. The second kappa shape index (κ2) is 6.55. The number of hydrogen-bond donors (Lipinski definition) is 2. The first-order valence-corrected chi connectivity index (χ1v) is 5.10. The molecule has 1 aromatic carbocycles. The van der Waals surface area contributed by atoms with Gasteiger partial charge in [0, 0.05) is 16.8 Å². The molecular weight excluding hydrogens is 242 g/mol. The molecule has 0 spiro atoms. The number of hydrazone groups is 1. The van der Waals surface area contributed by atoms with Crippen molar-refractivity contribution in [2.45, 2.75) is 0 Å². The molecule has 0 radical (unpaired) electrons. The first-order valence-electron chi connectivity index (χ1n) is 4.72. The lowest BCUT2D eigenvalue weighted by Gasteiger charge is -2.04. The van der Waals surface area contributed by atoms with Gasteiger partial charge in [-0.3, -0.25) is 0 Å². The van der Waals surface area contributed by atoms with E-state index >= 15 is 0 Å². The van der Waals surface area contributed by atoms with Crippen LogP contribution in [0.4, 0.5) is 4.79 Å². The summed E-state index contributed by atoms with van der Waals surface area (Å²) in [7, 11) is 1.57. The van der Waals surface area contributed by atoms with Crippen molar-refractivity contribution >= 4 is 29.9 Å². The average molecular weight is 254 g/mol. The summed E-state index contributed by atoms with van der Waals surface area (Å²) in [4.78, 5) is 10.3. The van der Waals surface area contributed by atoms with Crippen LogP contribution in [0.5, 0.6) is 5.75 Å². The van der Waals surface area contributed by atoms with E-state index in [-0.39, 0.29) is 0 Å². The molecule has 0 bridgehead atoms. The van der Waals surface area contributed by atoms with E-state index in [9.17, 15) is 4.79 Å². The molecule has 0 atom stereocenters. The van der Waals surface area contributed by atoms with E-state index in [0.29, 0.717) is 10.8 Å². The zero-order valence-electron chi connectivity index (χ0n) is 9.18. The number of carbonyl (C=O) groups is 1. The maximum atomic E-state index is 10.3. The molecule has 0 aliphatic carbocycles. The topological polar surface area (TPSA) is 76.7 Å². The number of nitrogens with zero attached hydrogens (tertiary/aromatic N) is 1. The van der Waals surface area contributed by atoms with E-state index in [2.05, 4.69) is 10.5 Å². The van der Waals surface area contributed by atoms with Gasteiger partial charge in [-0.2, -0.15) is 5.10 Å². The van der Waals surface area contributed by atoms with Gasteiger partial charge in [0.05, 0.1) is 7.11 Å². The van der Waals surface area contributed by atoms with Crippen LogP contribution in [0.1, 0.15) is 5.56 Å². The zero-order valence-corrected chi connectivity index (χ0v) is 9.94. The molecule has 3 N–H and O–H groups in total. The minimum absolute atomic E-state index is 0.609. The van der Waals surface area contributed by atoms with E-state index in [4.69, 9.17) is 22.1 Å². The molecule has 0 saturated heterocycles. The van der Waals surface area contributed by atoms with Crippen LogP contribution in [0.25, 0.3) is 6.08 Å². The van der Waals surface area contributed by atoms with Crippen molar-refractivity contribution in [3.63, 3.8) is 0 Å². The van der Waals surface area contributed by atoms with Gasteiger partial charge in [-0.1, -0.05) is 11.6 Å². The molecule has 1 rings (SSSR count). The van der Waals surface area contributed by atoms with Gasteiger partial charge in [-0.25, -0.2) is 10.2 Å². The molecule has 90 valence electrons. The van der Waals surface area contributed by atoms with Crippen LogP contribution in [-0.2, 0) is 0 Å². The Morgan fingerprint density at radius 2 is 2.35 bits per heavy atom. The number of urea groups is 1. The number of amides is 2. The molecule has 0 saturated carbocycles. The van der Waals surface area contributed by atoms with Crippen LogP contribution >= 0.6 is 11.6 Å². The Hall–Kier alpha value is -2.01. The largest absolute Gasteiger partial charge is 0.496 e. The van der Waals surface area contributed by atoms with E-state index in [1.165, 1.54) is 6.21 Å². The molecule has 0 unspecified atom stereocenters. The lowest BCUT2D eigenvalue weighted by Crippen LogP contribution is -2.24. The highest BCUT2D eigenvalue weighted by Gasteiger charge is 1.99. The average Bonchev–Trinajstić information content (AvgIpc) is 2.28. The molecule has 0 heterocycles. The molecule has 0 aliphatic rings. The number of hydrogen-bond acceptors (Lipinski definition) is 3. The third-order valence-electron chi connectivity index (χ3n) is 1.80. The Bertz CT molecular complexity index is 458. The number of ether oxygens (including phenoxy) is 1. The van der Waals surface area contributed by atoms with Crippen LogP contribution in [0.2, 0.25) is 5.02 Å². The van der Waals surface area contributed by atoms with Crippen LogP contribution in [-0.4, -0.2) is 19.4 Å². The number of nitrogens with two attached hydrogens (primary N) is 1. The highest BCUT2D eigenvalue weighted by molar-refractivity contribution is 6.30. The van der Waals surface area contributed by atoms with Gasteiger partial charge in [-0.05, 0) is 30.4 Å². The predicted molar refractivity (Wildman–Crippen MR) is 68.2 cm³/mol. The molecule has 2 amide bonds. The number of carbonyl (C=O) groups excluding carboxylic acids is 1. The Labute approximate surface area is 104 Å². The molecule has 0 aliphatic heterocycles. The number of benzene rings is 1. The fourth-order valence-electron chi connectivity index (χ4n) is 1.13.